The Morgan fingerprint density at radius 3 is 1.25 bits per heavy atom. The van der Waals surface area contributed by atoms with Gasteiger partial charge in [-0.1, -0.05) is 0 Å². The second kappa shape index (κ2) is 77.6. The fourth-order valence-corrected chi connectivity index (χ4v) is 0. The van der Waals surface area contributed by atoms with Crippen LogP contribution >= 0.6 is 0 Å². The van der Waals surface area contributed by atoms with E-state index < -0.39 is 0 Å². The van der Waals surface area contributed by atoms with Gasteiger partial charge < -0.3 is 10.6 Å². The summed E-state index contributed by atoms with van der Waals surface area (Å²) in [6.07, 6.45) is 0. The molecule has 0 bridgehead atoms. The molecule has 0 atom stereocenters. The van der Waals surface area contributed by atoms with Crippen molar-refractivity contribution in [1.82, 2.24) is 0 Å². The smallest absolute Gasteiger partial charge is 2.00 e. The molecule has 1 N–H and O–H groups in total. The average molecular weight is 113 g/mol. The van der Waals surface area contributed by atoms with Gasteiger partial charge in [-0.2, -0.15) is 0 Å². The Morgan fingerprint density at radius 2 is 1.25 bits per heavy atom. The molecule has 0 aliphatic carbocycles. The van der Waals surface area contributed by atoms with Crippen LogP contribution in [0.5, 0.6) is 0 Å². The Bertz CT molecular complexity index is 6.00. The van der Waals surface area contributed by atoms with Gasteiger partial charge in [0.25, 0.3) is 0 Å². The van der Waals surface area contributed by atoms with Crippen molar-refractivity contribution in [2.45, 2.75) is 0 Å². The Labute approximate surface area is 37.9 Å². The molecule has 0 unspecified atom stereocenters. The van der Waals surface area contributed by atoms with Gasteiger partial charge in [0, 0.05) is 7.11 Å². The van der Waals surface area contributed by atoms with E-state index >= 15 is 0 Å². The molecular formula is CH4O2Zn. The third kappa shape index (κ3) is 20.5. The molecule has 0 spiro atoms. The molecule has 0 heterocycles. The molecule has 3 heteroatoms. The molecule has 0 aliphatic heterocycles. The number of rotatable bonds is 0. The van der Waals surface area contributed by atoms with Crippen molar-refractivity contribution in [2.75, 3.05) is 7.11 Å². The van der Waals surface area contributed by atoms with Gasteiger partial charge in [-0.15, -0.1) is 0 Å². The molecule has 0 saturated heterocycles. The molecule has 0 saturated carbocycles. The SMILES string of the molecule is CO.[O-2].[Zn+2]. The van der Waals surface area contributed by atoms with Crippen molar-refractivity contribution in [3.8, 4) is 0 Å². The predicted octanol–water partition coefficient (Wildman–Crippen LogP) is -0.513. The second-order valence-corrected chi connectivity index (χ2v) is 0. The molecule has 0 aromatic carbocycles. The van der Waals surface area contributed by atoms with E-state index in [4.69, 9.17) is 5.11 Å². The largest absolute Gasteiger partial charge is 2.00 e. The van der Waals surface area contributed by atoms with E-state index in [0.717, 1.165) is 7.11 Å². The van der Waals surface area contributed by atoms with Crippen molar-refractivity contribution in [3.63, 3.8) is 0 Å². The molecule has 0 aromatic heterocycles. The van der Waals surface area contributed by atoms with Gasteiger partial charge in [0.15, 0.2) is 0 Å². The standard InChI is InChI=1S/CH4O.O.Zn/c1-2;;/h2H,1H3;;/q;-2;+2. The van der Waals surface area contributed by atoms with Gasteiger partial charge in [-0.3, -0.25) is 0 Å². The van der Waals surface area contributed by atoms with Gasteiger partial charge in [0.2, 0.25) is 0 Å². The van der Waals surface area contributed by atoms with Crippen LogP contribution in [0, 0.1) is 0 Å². The molecule has 0 aliphatic rings. The van der Waals surface area contributed by atoms with E-state index in [9.17, 15) is 0 Å². The quantitative estimate of drug-likeness (QED) is 0.423. The molecule has 2 nitrogen and oxygen atoms in total. The van der Waals surface area contributed by atoms with Crippen molar-refractivity contribution < 1.29 is 30.1 Å². The maximum atomic E-state index is 7.00. The molecule has 0 amide bonds. The summed E-state index contributed by atoms with van der Waals surface area (Å²) in [6.45, 7) is 0. The topological polar surface area (TPSA) is 48.7 Å². The molecule has 4 heavy (non-hydrogen) atoms. The normalized spacial score (nSPS) is 1.50. The van der Waals surface area contributed by atoms with Crippen LogP contribution in [0.15, 0.2) is 0 Å². The zero-order valence-corrected chi connectivity index (χ0v) is 5.53. The van der Waals surface area contributed by atoms with Crippen molar-refractivity contribution in [3.05, 3.63) is 0 Å². The van der Waals surface area contributed by atoms with Crippen molar-refractivity contribution >= 4 is 0 Å². The van der Waals surface area contributed by atoms with Gasteiger partial charge in [0.05, 0.1) is 0 Å². The maximum Gasteiger partial charge on any atom is 2.00 e. The fraction of sp³-hybridized carbons (Fsp3) is 1.00. The first-order valence-electron chi connectivity index (χ1n) is 0.447. The molecule has 0 rings (SSSR count). The van der Waals surface area contributed by atoms with Crippen LogP contribution in [-0.2, 0) is 25.0 Å². The van der Waals surface area contributed by atoms with Gasteiger partial charge in [-0.25, -0.2) is 0 Å². The summed E-state index contributed by atoms with van der Waals surface area (Å²) >= 11 is 0. The van der Waals surface area contributed by atoms with Gasteiger partial charge in [-0.05, 0) is 0 Å². The minimum absolute atomic E-state index is 0. The number of hydrogen-bond acceptors (Lipinski definition) is 1. The molecular weight excluding hydrogens is 109 g/mol. The van der Waals surface area contributed by atoms with E-state index in [2.05, 4.69) is 0 Å². The number of hydrogen-bond donors (Lipinski definition) is 1. The summed E-state index contributed by atoms with van der Waals surface area (Å²) in [7, 11) is 1.00. The first kappa shape index (κ1) is 23.9. The zero-order valence-electron chi connectivity index (χ0n) is 2.56. The Balaban J connectivity index is -0.00000000500. The average Bonchev–Trinajstić information content (AvgIpc) is 1.00. The van der Waals surface area contributed by atoms with Crippen LogP contribution in [0.4, 0.5) is 0 Å². The van der Waals surface area contributed by atoms with E-state index in [-0.39, 0.29) is 25.0 Å². The monoisotopic (exact) mass is 112 g/mol. The minimum Gasteiger partial charge on any atom is -2.00 e. The fourth-order valence-electron chi connectivity index (χ4n) is 0. The van der Waals surface area contributed by atoms with E-state index in [1.54, 1.807) is 0 Å². The Morgan fingerprint density at radius 1 is 1.25 bits per heavy atom. The molecule has 0 radical (unpaired) electrons. The summed E-state index contributed by atoms with van der Waals surface area (Å²) in [4.78, 5) is 0. The third-order valence-corrected chi connectivity index (χ3v) is 0. The zero-order chi connectivity index (χ0) is 2.00. The molecule has 0 fully saturated rings. The van der Waals surface area contributed by atoms with Crippen molar-refractivity contribution in [2.24, 2.45) is 0 Å². The summed E-state index contributed by atoms with van der Waals surface area (Å²) in [5, 5.41) is 7.00. The molecule has 22 valence electrons. The van der Waals surface area contributed by atoms with Crippen LogP contribution in [0.2, 0.25) is 0 Å². The molecule has 0 aromatic rings. The number of aliphatic hydroxyl groups excluding tert-OH is 1. The van der Waals surface area contributed by atoms with Crippen LogP contribution in [0.3, 0.4) is 0 Å². The number of aliphatic hydroxyl groups is 1. The summed E-state index contributed by atoms with van der Waals surface area (Å²) in [6, 6.07) is 0. The summed E-state index contributed by atoms with van der Waals surface area (Å²) < 4.78 is 0. The maximum absolute atomic E-state index is 7.00. The Kier molecular flexibility index (Phi) is 465. The summed E-state index contributed by atoms with van der Waals surface area (Å²) in [5.74, 6) is 0. The Hall–Kier alpha value is 0.543. The predicted molar refractivity (Wildman–Crippen MR) is 8.83 cm³/mol. The first-order chi connectivity index (χ1) is 1.00. The van der Waals surface area contributed by atoms with Crippen molar-refractivity contribution in [1.29, 1.82) is 0 Å². The second-order valence-electron chi connectivity index (χ2n) is 0. The van der Waals surface area contributed by atoms with Gasteiger partial charge >= 0.3 is 19.5 Å². The van der Waals surface area contributed by atoms with Crippen LogP contribution < -0.4 is 0 Å². The van der Waals surface area contributed by atoms with Crippen LogP contribution in [0.25, 0.3) is 0 Å². The van der Waals surface area contributed by atoms with Crippen LogP contribution in [0.1, 0.15) is 0 Å². The van der Waals surface area contributed by atoms with E-state index in [1.807, 2.05) is 0 Å². The summed E-state index contributed by atoms with van der Waals surface area (Å²) in [5.41, 5.74) is 0. The first-order valence-corrected chi connectivity index (χ1v) is 0.447. The third-order valence-electron chi connectivity index (χ3n) is 0. The van der Waals surface area contributed by atoms with E-state index in [1.165, 1.54) is 0 Å². The minimum atomic E-state index is 0. The van der Waals surface area contributed by atoms with Crippen LogP contribution in [-0.4, -0.2) is 12.2 Å². The van der Waals surface area contributed by atoms with E-state index in [0.29, 0.717) is 0 Å². The van der Waals surface area contributed by atoms with Gasteiger partial charge in [0.1, 0.15) is 0 Å².